The molecular weight excluding hydrogens is 446 g/mol. The molecule has 0 aromatic heterocycles. The minimum atomic E-state index is -0.776. The maximum absolute atomic E-state index is 13.7. The molecule has 2 N–H and O–H groups in total. The molecule has 2 atom stereocenters. The molecule has 4 saturated heterocycles. The van der Waals surface area contributed by atoms with Crippen LogP contribution >= 0.6 is 0 Å². The predicted molar refractivity (Wildman–Crippen MR) is 111 cm³/mol. The van der Waals surface area contributed by atoms with E-state index in [0.29, 0.717) is 23.5 Å². The van der Waals surface area contributed by atoms with E-state index in [1.54, 1.807) is 0 Å². The molecule has 4 fully saturated rings. The van der Waals surface area contributed by atoms with Crippen molar-refractivity contribution in [2.75, 3.05) is 39.3 Å². The summed E-state index contributed by atoms with van der Waals surface area (Å²) < 4.78 is 6.93. The molecule has 6 nitrogen and oxygen atoms in total. The van der Waals surface area contributed by atoms with Crippen LogP contribution in [0, 0.1) is 5.92 Å². The first-order valence-electron chi connectivity index (χ1n) is 11.1. The summed E-state index contributed by atoms with van der Waals surface area (Å²) in [6, 6.07) is 10.0. The van der Waals surface area contributed by atoms with Gasteiger partial charge in [0.2, 0.25) is 0 Å². The van der Waals surface area contributed by atoms with Crippen molar-refractivity contribution in [1.29, 1.82) is 0 Å². The van der Waals surface area contributed by atoms with Gasteiger partial charge in [-0.15, -0.1) is 0 Å². The van der Waals surface area contributed by atoms with Crippen molar-refractivity contribution in [3.8, 4) is 0 Å². The number of carbonyl (C=O) groups excluding carboxylic acids is 2. The molecule has 1 aromatic rings. The van der Waals surface area contributed by atoms with E-state index < -0.39 is 5.54 Å². The van der Waals surface area contributed by atoms with Crippen LogP contribution in [0.4, 0.5) is 0 Å². The number of carbonyl (C=O) groups is 2. The number of primary amides is 1. The van der Waals surface area contributed by atoms with Crippen LogP contribution in [0.5, 0.6) is 0 Å². The Hall–Kier alpha value is -1.44. The Morgan fingerprint density at radius 1 is 1.13 bits per heavy atom. The van der Waals surface area contributed by atoms with Crippen molar-refractivity contribution < 1.29 is 35.8 Å². The third-order valence-corrected chi connectivity index (χ3v) is 7.51. The Balaban J connectivity index is 0.00000256. The van der Waals surface area contributed by atoms with E-state index in [2.05, 4.69) is 4.90 Å². The van der Waals surface area contributed by atoms with Crippen molar-refractivity contribution in [3.63, 3.8) is 0 Å². The van der Waals surface area contributed by atoms with Gasteiger partial charge in [-0.2, -0.15) is 0 Å². The lowest BCUT2D eigenvalue weighted by Crippen LogP contribution is -3.00. The van der Waals surface area contributed by atoms with E-state index in [1.807, 2.05) is 37.3 Å². The number of amides is 1. The SMILES string of the molecule is C[C@@](C(=O)O[C@H]1C[N+]2(CC(N)=O)CCC1CC2)(c1ccccc1)N1CCCCC1.[Br-]. The van der Waals surface area contributed by atoms with E-state index >= 15 is 0 Å². The van der Waals surface area contributed by atoms with Crippen molar-refractivity contribution >= 4 is 11.9 Å². The van der Waals surface area contributed by atoms with Gasteiger partial charge in [0, 0.05) is 18.8 Å². The molecule has 0 unspecified atom stereocenters. The first-order chi connectivity index (χ1) is 13.9. The van der Waals surface area contributed by atoms with E-state index in [4.69, 9.17) is 10.5 Å². The second-order valence-corrected chi connectivity index (χ2v) is 9.36. The van der Waals surface area contributed by atoms with Gasteiger partial charge in [-0.1, -0.05) is 36.8 Å². The van der Waals surface area contributed by atoms with E-state index in [0.717, 1.165) is 57.4 Å². The van der Waals surface area contributed by atoms with Gasteiger partial charge >= 0.3 is 5.97 Å². The molecule has 0 spiro atoms. The summed E-state index contributed by atoms with van der Waals surface area (Å²) in [6.07, 6.45) is 5.31. The average Bonchev–Trinajstić information content (AvgIpc) is 2.74. The van der Waals surface area contributed by atoms with Crippen LogP contribution < -0.4 is 22.7 Å². The molecule has 1 amide bonds. The van der Waals surface area contributed by atoms with Crippen molar-refractivity contribution in [1.82, 2.24) is 4.90 Å². The maximum atomic E-state index is 13.7. The molecule has 5 rings (SSSR count). The highest BCUT2D eigenvalue weighted by molar-refractivity contribution is 5.82. The highest BCUT2D eigenvalue weighted by Crippen LogP contribution is 2.38. The molecule has 4 heterocycles. The zero-order valence-corrected chi connectivity index (χ0v) is 19.5. The molecular formula is C23H34BrN3O3. The predicted octanol–water partition coefficient (Wildman–Crippen LogP) is -0.971. The number of halogens is 1. The first-order valence-corrected chi connectivity index (χ1v) is 11.1. The summed E-state index contributed by atoms with van der Waals surface area (Å²) in [5.74, 6) is -0.0207. The molecule has 30 heavy (non-hydrogen) atoms. The maximum Gasteiger partial charge on any atom is 0.331 e. The normalized spacial score (nSPS) is 30.7. The van der Waals surface area contributed by atoms with Gasteiger partial charge in [0.15, 0.2) is 12.6 Å². The Morgan fingerprint density at radius 3 is 2.37 bits per heavy atom. The summed E-state index contributed by atoms with van der Waals surface area (Å²) in [5.41, 5.74) is 5.74. The fourth-order valence-corrected chi connectivity index (χ4v) is 5.69. The number of hydrogen-bond acceptors (Lipinski definition) is 4. The number of nitrogens with two attached hydrogens (primary N) is 1. The summed E-state index contributed by atoms with van der Waals surface area (Å²) >= 11 is 0. The van der Waals surface area contributed by atoms with Gasteiger partial charge in [0.25, 0.3) is 5.91 Å². The lowest BCUT2D eigenvalue weighted by molar-refractivity contribution is -0.939. The van der Waals surface area contributed by atoms with Gasteiger partial charge in [-0.05, 0) is 38.4 Å². The average molecular weight is 480 g/mol. The Kier molecular flexibility index (Phi) is 7.25. The van der Waals surface area contributed by atoms with Gasteiger partial charge in [0.1, 0.15) is 12.1 Å². The number of likely N-dealkylation sites (tertiary alicyclic amines) is 1. The van der Waals surface area contributed by atoms with Crippen LogP contribution in [0.25, 0.3) is 0 Å². The number of nitrogens with zero attached hydrogens (tertiary/aromatic N) is 2. The van der Waals surface area contributed by atoms with Gasteiger partial charge in [-0.25, -0.2) is 4.79 Å². The zero-order valence-electron chi connectivity index (χ0n) is 17.9. The number of hydrogen-bond donors (Lipinski definition) is 1. The quantitative estimate of drug-likeness (QED) is 0.420. The van der Waals surface area contributed by atoms with Crippen molar-refractivity contribution in [2.45, 2.75) is 50.7 Å². The van der Waals surface area contributed by atoms with Crippen molar-refractivity contribution in [3.05, 3.63) is 35.9 Å². The van der Waals surface area contributed by atoms with Crippen LogP contribution in [0.15, 0.2) is 30.3 Å². The highest BCUT2D eigenvalue weighted by atomic mass is 79.9. The second-order valence-electron chi connectivity index (χ2n) is 9.36. The summed E-state index contributed by atoms with van der Waals surface area (Å²) in [6.45, 7) is 6.83. The fourth-order valence-electron chi connectivity index (χ4n) is 5.69. The third-order valence-electron chi connectivity index (χ3n) is 7.51. The molecule has 4 aliphatic heterocycles. The minimum Gasteiger partial charge on any atom is -1.00 e. The molecule has 1 aromatic carbocycles. The van der Waals surface area contributed by atoms with Crippen LogP contribution in [-0.4, -0.2) is 66.6 Å². The summed E-state index contributed by atoms with van der Waals surface area (Å²) in [5, 5.41) is 0. The van der Waals surface area contributed by atoms with Gasteiger partial charge in [-0.3, -0.25) is 9.69 Å². The Labute approximate surface area is 190 Å². The van der Waals surface area contributed by atoms with Crippen LogP contribution in [0.3, 0.4) is 0 Å². The van der Waals surface area contributed by atoms with Crippen molar-refractivity contribution in [2.24, 2.45) is 11.7 Å². The Morgan fingerprint density at radius 2 is 1.77 bits per heavy atom. The zero-order chi connectivity index (χ0) is 20.5. The van der Waals surface area contributed by atoms with Crippen LogP contribution in [-0.2, 0) is 19.9 Å². The fraction of sp³-hybridized carbons (Fsp3) is 0.652. The second kappa shape index (κ2) is 9.37. The van der Waals surface area contributed by atoms with E-state index in [-0.39, 0.29) is 35.0 Å². The van der Waals surface area contributed by atoms with E-state index in [9.17, 15) is 9.59 Å². The smallest absolute Gasteiger partial charge is 0.331 e. The summed E-state index contributed by atoms with van der Waals surface area (Å²) in [4.78, 5) is 27.6. The number of piperidine rings is 4. The van der Waals surface area contributed by atoms with Gasteiger partial charge < -0.3 is 31.9 Å². The number of rotatable bonds is 6. The monoisotopic (exact) mass is 479 g/mol. The lowest BCUT2D eigenvalue weighted by atomic mass is 9.82. The molecule has 2 bridgehead atoms. The number of quaternary nitrogens is 1. The molecule has 166 valence electrons. The van der Waals surface area contributed by atoms with E-state index in [1.165, 1.54) is 6.42 Å². The minimum absolute atomic E-state index is 0. The topological polar surface area (TPSA) is 72.6 Å². The molecule has 4 aliphatic rings. The Bertz CT molecular complexity index is 745. The van der Waals surface area contributed by atoms with Crippen LogP contribution in [0.1, 0.15) is 44.6 Å². The highest BCUT2D eigenvalue weighted by Gasteiger charge is 2.51. The largest absolute Gasteiger partial charge is 1.00 e. The number of benzene rings is 1. The number of ether oxygens (including phenoxy) is 1. The number of esters is 1. The van der Waals surface area contributed by atoms with Crippen LogP contribution in [0.2, 0.25) is 0 Å². The lowest BCUT2D eigenvalue weighted by Gasteiger charge is -2.52. The molecule has 0 saturated carbocycles. The number of fused-ring (bicyclic) bond motifs is 3. The molecule has 0 aliphatic carbocycles. The molecule has 7 heteroatoms. The summed E-state index contributed by atoms with van der Waals surface area (Å²) in [7, 11) is 0. The standard InChI is InChI=1S/C23H33N3O3.BrH/c1-23(19-8-4-2-5-9-19,25-12-6-3-7-13-25)22(28)29-20-16-26(17-21(24)27)14-10-18(20)11-15-26;/h2,4-5,8-9,18,20H,3,6-7,10-17H2,1H3,(H-,24,27);1H/t18?,20-,23-,26?;/m0./s1. The van der Waals surface area contributed by atoms with Gasteiger partial charge in [0.05, 0.1) is 13.1 Å². The first kappa shape index (κ1) is 23.2. The third kappa shape index (κ3) is 4.43. The molecule has 0 radical (unpaired) electrons.